The maximum Gasteiger partial charge on any atom is 0.325 e. The average molecular weight is 366 g/mol. The van der Waals surface area contributed by atoms with Crippen LogP contribution < -0.4 is 21.7 Å². The van der Waals surface area contributed by atoms with Crippen molar-refractivity contribution in [3.63, 3.8) is 0 Å². The summed E-state index contributed by atoms with van der Waals surface area (Å²) in [4.78, 5) is 46.0. The summed E-state index contributed by atoms with van der Waals surface area (Å²) in [5.74, 6) is -3.90. The zero-order valence-corrected chi connectivity index (χ0v) is 13.8. The number of aliphatic carboxylic acids is 1. The molecule has 0 aliphatic rings. The second-order valence-corrected chi connectivity index (χ2v) is 5.21. The highest BCUT2D eigenvalue weighted by Crippen LogP contribution is 1.93. The van der Waals surface area contributed by atoms with E-state index in [1.807, 2.05) is 0 Å². The lowest BCUT2D eigenvalue weighted by molar-refractivity contribution is -0.142. The summed E-state index contributed by atoms with van der Waals surface area (Å²) in [6.07, 6.45) is 0. The van der Waals surface area contributed by atoms with Crippen molar-refractivity contribution < 1.29 is 34.5 Å². The van der Waals surface area contributed by atoms with Crippen LogP contribution in [-0.4, -0.2) is 82.1 Å². The van der Waals surface area contributed by atoms with E-state index in [9.17, 15) is 19.2 Å². The summed E-state index contributed by atoms with van der Waals surface area (Å²) >= 11 is 3.82. The van der Waals surface area contributed by atoms with E-state index in [1.54, 1.807) is 0 Å². The lowest BCUT2D eigenvalue weighted by Crippen LogP contribution is -2.58. The Kier molecular flexibility index (Phi) is 9.95. The Morgan fingerprint density at radius 1 is 0.958 bits per heavy atom. The van der Waals surface area contributed by atoms with Crippen molar-refractivity contribution in [2.24, 2.45) is 5.73 Å². The molecule has 0 bridgehead atoms. The number of nitrogens with one attached hydrogen (secondary N) is 3. The predicted octanol–water partition coefficient (Wildman–Crippen LogP) is -4.21. The van der Waals surface area contributed by atoms with Crippen LogP contribution in [0.25, 0.3) is 0 Å². The summed E-state index contributed by atoms with van der Waals surface area (Å²) in [7, 11) is 0. The van der Waals surface area contributed by atoms with E-state index in [2.05, 4.69) is 28.6 Å². The molecule has 4 unspecified atom stereocenters. The van der Waals surface area contributed by atoms with Gasteiger partial charge in [-0.15, -0.1) is 0 Å². The van der Waals surface area contributed by atoms with Crippen LogP contribution in [0.3, 0.4) is 0 Å². The molecular weight excluding hydrogens is 344 g/mol. The van der Waals surface area contributed by atoms with Gasteiger partial charge in [-0.05, 0) is 6.92 Å². The van der Waals surface area contributed by atoms with Crippen LogP contribution in [0.2, 0.25) is 0 Å². The predicted molar refractivity (Wildman–Crippen MR) is 85.1 cm³/mol. The molecule has 0 fully saturated rings. The van der Waals surface area contributed by atoms with Crippen molar-refractivity contribution in [3.05, 3.63) is 0 Å². The normalized spacial score (nSPS) is 15.5. The fourth-order valence-corrected chi connectivity index (χ4v) is 1.56. The average Bonchev–Trinajstić information content (AvgIpc) is 2.55. The lowest BCUT2D eigenvalue weighted by Gasteiger charge is -2.22. The maximum absolute atomic E-state index is 12.0. The van der Waals surface area contributed by atoms with E-state index in [0.717, 1.165) is 0 Å². The van der Waals surface area contributed by atoms with E-state index < -0.39 is 61.1 Å². The molecule has 11 nitrogen and oxygen atoms in total. The second-order valence-electron chi connectivity index (χ2n) is 4.85. The van der Waals surface area contributed by atoms with Gasteiger partial charge >= 0.3 is 5.97 Å². The summed E-state index contributed by atoms with van der Waals surface area (Å²) in [6.45, 7) is -0.388. The molecule has 24 heavy (non-hydrogen) atoms. The molecule has 0 aromatic carbocycles. The molecule has 0 aliphatic carbocycles. The minimum atomic E-state index is -1.45. The first-order chi connectivity index (χ1) is 11.2. The monoisotopic (exact) mass is 366 g/mol. The molecule has 0 saturated carbocycles. The Balaban J connectivity index is 4.79. The number of thiol groups is 1. The third kappa shape index (κ3) is 7.12. The minimum absolute atomic E-state index is 0.0142. The van der Waals surface area contributed by atoms with Crippen LogP contribution in [-0.2, 0) is 19.2 Å². The molecule has 4 atom stereocenters. The van der Waals surface area contributed by atoms with Gasteiger partial charge in [-0.1, -0.05) is 0 Å². The molecule has 0 heterocycles. The van der Waals surface area contributed by atoms with Gasteiger partial charge in [0, 0.05) is 5.75 Å². The van der Waals surface area contributed by atoms with Crippen LogP contribution in [0, 0.1) is 0 Å². The Bertz CT molecular complexity index is 476. The number of carboxylic acid groups (broad SMARTS) is 1. The number of carbonyl (C=O) groups excluding carboxylic acids is 3. The number of aliphatic hydroxyl groups is 2. The molecular formula is C12H22N4O7S. The minimum Gasteiger partial charge on any atom is -0.480 e. The van der Waals surface area contributed by atoms with Gasteiger partial charge in [0.15, 0.2) is 0 Å². The topological polar surface area (TPSA) is 191 Å². The fraction of sp³-hybridized carbons (Fsp3) is 0.667. The first-order valence-corrected chi connectivity index (χ1v) is 7.53. The molecule has 0 aromatic heterocycles. The first kappa shape index (κ1) is 22.1. The molecule has 0 saturated heterocycles. The van der Waals surface area contributed by atoms with Crippen molar-refractivity contribution in [1.29, 1.82) is 0 Å². The Labute approximate surface area is 143 Å². The third-order valence-electron chi connectivity index (χ3n) is 2.89. The highest BCUT2D eigenvalue weighted by atomic mass is 32.1. The number of nitrogens with two attached hydrogens (primary N) is 1. The summed E-state index contributed by atoms with van der Waals surface area (Å²) in [5.41, 5.74) is 5.42. The number of hydrogen-bond acceptors (Lipinski definition) is 8. The van der Waals surface area contributed by atoms with Crippen molar-refractivity contribution in [2.45, 2.75) is 31.1 Å². The zero-order valence-electron chi connectivity index (χ0n) is 12.9. The smallest absolute Gasteiger partial charge is 0.325 e. The van der Waals surface area contributed by atoms with Gasteiger partial charge in [-0.2, -0.15) is 12.6 Å². The van der Waals surface area contributed by atoms with Crippen LogP contribution in [0.4, 0.5) is 0 Å². The molecule has 0 spiro atoms. The standard InChI is InChI=1S/C12H22N4O7S/c1-5(12(22)23)14-10(20)7(2-17)16-11(21)8(3-18)15-9(19)6(13)4-24/h5-8,17-18,24H,2-4,13H2,1H3,(H,14,20)(H,15,19)(H,16,21)(H,22,23). The molecule has 0 aliphatic heterocycles. The Morgan fingerprint density at radius 2 is 1.38 bits per heavy atom. The highest BCUT2D eigenvalue weighted by molar-refractivity contribution is 7.80. The lowest BCUT2D eigenvalue weighted by atomic mass is 10.2. The number of carbonyl (C=O) groups is 4. The van der Waals surface area contributed by atoms with Gasteiger partial charge in [-0.3, -0.25) is 19.2 Å². The van der Waals surface area contributed by atoms with E-state index >= 15 is 0 Å². The fourth-order valence-electron chi connectivity index (χ4n) is 1.40. The van der Waals surface area contributed by atoms with Crippen molar-refractivity contribution in [1.82, 2.24) is 16.0 Å². The second kappa shape index (κ2) is 10.8. The quantitative estimate of drug-likeness (QED) is 0.178. The molecule has 0 rings (SSSR count). The molecule has 0 radical (unpaired) electrons. The first-order valence-electron chi connectivity index (χ1n) is 6.89. The molecule has 138 valence electrons. The molecule has 8 N–H and O–H groups in total. The summed E-state index contributed by atoms with van der Waals surface area (Å²) in [6, 6.07) is -5.08. The van der Waals surface area contributed by atoms with Crippen LogP contribution in [0.1, 0.15) is 6.92 Å². The Hall–Kier alpha value is -1.89. The van der Waals surface area contributed by atoms with Gasteiger partial charge in [0.1, 0.15) is 18.1 Å². The van der Waals surface area contributed by atoms with Gasteiger partial charge in [-0.25, -0.2) is 0 Å². The molecule has 12 heteroatoms. The zero-order chi connectivity index (χ0) is 18.9. The van der Waals surface area contributed by atoms with Crippen LogP contribution in [0.15, 0.2) is 0 Å². The van der Waals surface area contributed by atoms with Crippen LogP contribution in [0.5, 0.6) is 0 Å². The van der Waals surface area contributed by atoms with E-state index in [-0.39, 0.29) is 5.75 Å². The number of hydrogen-bond donors (Lipinski definition) is 8. The van der Waals surface area contributed by atoms with Gasteiger partial charge in [0.25, 0.3) is 0 Å². The van der Waals surface area contributed by atoms with Crippen molar-refractivity contribution in [3.8, 4) is 0 Å². The highest BCUT2D eigenvalue weighted by Gasteiger charge is 2.28. The Morgan fingerprint density at radius 3 is 1.75 bits per heavy atom. The maximum atomic E-state index is 12.0. The van der Waals surface area contributed by atoms with E-state index in [4.69, 9.17) is 21.1 Å². The van der Waals surface area contributed by atoms with Crippen molar-refractivity contribution in [2.75, 3.05) is 19.0 Å². The van der Waals surface area contributed by atoms with Gasteiger partial charge < -0.3 is 37.0 Å². The number of rotatable bonds is 10. The SMILES string of the molecule is CC(NC(=O)C(CO)NC(=O)C(CO)NC(=O)C(N)CS)C(=O)O. The van der Waals surface area contributed by atoms with E-state index in [0.29, 0.717) is 0 Å². The summed E-state index contributed by atoms with van der Waals surface area (Å²) < 4.78 is 0. The third-order valence-corrected chi connectivity index (χ3v) is 3.29. The van der Waals surface area contributed by atoms with E-state index in [1.165, 1.54) is 6.92 Å². The molecule has 0 aromatic rings. The van der Waals surface area contributed by atoms with Gasteiger partial charge in [0.2, 0.25) is 17.7 Å². The van der Waals surface area contributed by atoms with Crippen molar-refractivity contribution >= 4 is 36.3 Å². The largest absolute Gasteiger partial charge is 0.480 e. The molecule has 3 amide bonds. The summed E-state index contributed by atoms with van der Waals surface area (Å²) in [5, 5.41) is 33.4. The van der Waals surface area contributed by atoms with Crippen LogP contribution >= 0.6 is 12.6 Å². The number of amides is 3. The number of aliphatic hydroxyl groups excluding tert-OH is 2. The van der Waals surface area contributed by atoms with Gasteiger partial charge in [0.05, 0.1) is 19.3 Å². The number of carboxylic acids is 1.